The van der Waals surface area contributed by atoms with Gasteiger partial charge in [-0.05, 0) is 30.9 Å². The first kappa shape index (κ1) is 13.6. The SMILES string of the molecule is OC[C@H](NCC1CCCCCC1)c1ccccc1. The monoisotopic (exact) mass is 247 g/mol. The molecule has 0 aromatic heterocycles. The van der Waals surface area contributed by atoms with Gasteiger partial charge in [0.25, 0.3) is 0 Å². The fourth-order valence-electron chi connectivity index (χ4n) is 2.85. The van der Waals surface area contributed by atoms with E-state index in [0.29, 0.717) is 0 Å². The van der Waals surface area contributed by atoms with Crippen LogP contribution in [0.1, 0.15) is 50.1 Å². The molecule has 0 spiro atoms. The van der Waals surface area contributed by atoms with Crippen molar-refractivity contribution in [2.45, 2.75) is 44.6 Å². The van der Waals surface area contributed by atoms with E-state index in [1.165, 1.54) is 44.1 Å². The van der Waals surface area contributed by atoms with Crippen LogP contribution in [0.4, 0.5) is 0 Å². The Bertz CT molecular complexity index is 317. The topological polar surface area (TPSA) is 32.3 Å². The van der Waals surface area contributed by atoms with E-state index < -0.39 is 0 Å². The number of aliphatic hydroxyl groups excluding tert-OH is 1. The lowest BCUT2D eigenvalue weighted by molar-refractivity contribution is 0.236. The second-order valence-corrected chi connectivity index (χ2v) is 5.41. The lowest BCUT2D eigenvalue weighted by Gasteiger charge is -2.21. The van der Waals surface area contributed by atoms with Crippen LogP contribution < -0.4 is 5.32 Å². The summed E-state index contributed by atoms with van der Waals surface area (Å²) in [6.45, 7) is 1.22. The van der Waals surface area contributed by atoms with Gasteiger partial charge in [0.15, 0.2) is 0 Å². The molecule has 0 radical (unpaired) electrons. The van der Waals surface area contributed by atoms with Gasteiger partial charge in [-0.25, -0.2) is 0 Å². The molecule has 1 atom stereocenters. The number of benzene rings is 1. The smallest absolute Gasteiger partial charge is 0.0626 e. The van der Waals surface area contributed by atoms with Crippen molar-refractivity contribution in [3.8, 4) is 0 Å². The highest BCUT2D eigenvalue weighted by Crippen LogP contribution is 2.23. The van der Waals surface area contributed by atoms with Crippen LogP contribution in [0.5, 0.6) is 0 Å². The highest BCUT2D eigenvalue weighted by atomic mass is 16.3. The van der Waals surface area contributed by atoms with Crippen molar-refractivity contribution < 1.29 is 5.11 Å². The van der Waals surface area contributed by atoms with Crippen molar-refractivity contribution in [3.05, 3.63) is 35.9 Å². The molecule has 2 rings (SSSR count). The third kappa shape index (κ3) is 4.11. The van der Waals surface area contributed by atoms with E-state index in [2.05, 4.69) is 17.4 Å². The number of hydrogen-bond acceptors (Lipinski definition) is 2. The van der Waals surface area contributed by atoms with Gasteiger partial charge >= 0.3 is 0 Å². The van der Waals surface area contributed by atoms with Crippen molar-refractivity contribution in [3.63, 3.8) is 0 Å². The third-order valence-corrected chi connectivity index (χ3v) is 4.01. The fraction of sp³-hybridized carbons (Fsp3) is 0.625. The molecule has 1 aliphatic carbocycles. The van der Waals surface area contributed by atoms with Crippen LogP contribution in [0, 0.1) is 5.92 Å². The van der Waals surface area contributed by atoms with Crippen molar-refractivity contribution >= 4 is 0 Å². The first-order chi connectivity index (χ1) is 8.90. The fourth-order valence-corrected chi connectivity index (χ4v) is 2.85. The minimum absolute atomic E-state index is 0.0921. The summed E-state index contributed by atoms with van der Waals surface area (Å²) in [6, 6.07) is 10.3. The van der Waals surface area contributed by atoms with E-state index in [1.54, 1.807) is 0 Å². The molecule has 0 aliphatic heterocycles. The summed E-state index contributed by atoms with van der Waals surface area (Å²) >= 11 is 0. The zero-order valence-electron chi connectivity index (χ0n) is 11.1. The highest BCUT2D eigenvalue weighted by molar-refractivity contribution is 5.18. The Kier molecular flexibility index (Phi) is 5.69. The van der Waals surface area contributed by atoms with Crippen LogP contribution in [0.2, 0.25) is 0 Å². The molecule has 100 valence electrons. The average Bonchev–Trinajstić information content (AvgIpc) is 2.69. The molecular weight excluding hydrogens is 222 g/mol. The molecule has 1 aliphatic rings. The Hall–Kier alpha value is -0.860. The van der Waals surface area contributed by atoms with Gasteiger partial charge < -0.3 is 10.4 Å². The molecule has 0 amide bonds. The normalized spacial score (nSPS) is 19.4. The summed E-state index contributed by atoms with van der Waals surface area (Å²) in [6.07, 6.45) is 8.25. The molecular formula is C16H25NO. The van der Waals surface area contributed by atoms with Crippen LogP contribution in [-0.2, 0) is 0 Å². The van der Waals surface area contributed by atoms with Crippen molar-refractivity contribution in [1.29, 1.82) is 0 Å². The van der Waals surface area contributed by atoms with Gasteiger partial charge in [-0.3, -0.25) is 0 Å². The van der Waals surface area contributed by atoms with E-state index in [9.17, 15) is 5.11 Å². The van der Waals surface area contributed by atoms with E-state index in [4.69, 9.17) is 0 Å². The molecule has 1 fully saturated rings. The number of aliphatic hydroxyl groups is 1. The second-order valence-electron chi connectivity index (χ2n) is 5.41. The highest BCUT2D eigenvalue weighted by Gasteiger charge is 2.15. The number of nitrogens with one attached hydrogen (secondary N) is 1. The average molecular weight is 247 g/mol. The van der Waals surface area contributed by atoms with Crippen LogP contribution in [0.3, 0.4) is 0 Å². The largest absolute Gasteiger partial charge is 0.394 e. The lowest BCUT2D eigenvalue weighted by Crippen LogP contribution is -2.29. The Morgan fingerprint density at radius 1 is 1.06 bits per heavy atom. The van der Waals surface area contributed by atoms with Gasteiger partial charge in [-0.15, -0.1) is 0 Å². The Morgan fingerprint density at radius 2 is 1.72 bits per heavy atom. The van der Waals surface area contributed by atoms with Crippen LogP contribution in [0.25, 0.3) is 0 Å². The Morgan fingerprint density at radius 3 is 2.33 bits per heavy atom. The van der Waals surface area contributed by atoms with Crippen molar-refractivity contribution in [1.82, 2.24) is 5.32 Å². The maximum atomic E-state index is 9.50. The van der Waals surface area contributed by atoms with Gasteiger partial charge in [0.05, 0.1) is 12.6 Å². The zero-order valence-corrected chi connectivity index (χ0v) is 11.1. The molecule has 2 heteroatoms. The maximum absolute atomic E-state index is 9.50. The first-order valence-corrected chi connectivity index (χ1v) is 7.29. The van der Waals surface area contributed by atoms with Gasteiger partial charge in [-0.1, -0.05) is 56.0 Å². The van der Waals surface area contributed by atoms with Crippen LogP contribution in [-0.4, -0.2) is 18.3 Å². The molecule has 1 saturated carbocycles. The second kappa shape index (κ2) is 7.55. The van der Waals surface area contributed by atoms with Gasteiger partial charge in [0.1, 0.15) is 0 Å². The van der Waals surface area contributed by atoms with Gasteiger partial charge in [0.2, 0.25) is 0 Å². The van der Waals surface area contributed by atoms with E-state index in [1.807, 2.05) is 18.2 Å². The van der Waals surface area contributed by atoms with E-state index in [0.717, 1.165) is 12.5 Å². The van der Waals surface area contributed by atoms with Crippen LogP contribution in [0.15, 0.2) is 30.3 Å². The molecule has 1 aromatic carbocycles. The minimum atomic E-state index is 0.0921. The Balaban J connectivity index is 1.83. The summed E-state index contributed by atoms with van der Waals surface area (Å²) in [7, 11) is 0. The summed E-state index contributed by atoms with van der Waals surface area (Å²) in [5.74, 6) is 0.797. The van der Waals surface area contributed by atoms with Gasteiger partial charge in [0, 0.05) is 0 Å². The predicted molar refractivity (Wildman–Crippen MR) is 75.5 cm³/mol. The quantitative estimate of drug-likeness (QED) is 0.783. The van der Waals surface area contributed by atoms with Crippen molar-refractivity contribution in [2.24, 2.45) is 5.92 Å². The molecule has 2 nitrogen and oxygen atoms in total. The molecule has 2 N–H and O–H groups in total. The molecule has 0 unspecified atom stereocenters. The summed E-state index contributed by atoms with van der Waals surface area (Å²) in [5, 5.41) is 13.0. The molecule has 0 saturated heterocycles. The zero-order chi connectivity index (χ0) is 12.6. The number of hydrogen-bond donors (Lipinski definition) is 2. The molecule has 1 aromatic rings. The standard InChI is InChI=1S/C16H25NO/c18-13-16(15-10-6-3-7-11-15)17-12-14-8-4-1-2-5-9-14/h3,6-7,10-11,14,16-18H,1-2,4-5,8-9,12-13H2/t16-/m0/s1. The third-order valence-electron chi connectivity index (χ3n) is 4.01. The van der Waals surface area contributed by atoms with Crippen molar-refractivity contribution in [2.75, 3.05) is 13.2 Å². The van der Waals surface area contributed by atoms with Gasteiger partial charge in [-0.2, -0.15) is 0 Å². The molecule has 0 bridgehead atoms. The summed E-state index contributed by atoms with van der Waals surface area (Å²) < 4.78 is 0. The molecule has 18 heavy (non-hydrogen) atoms. The maximum Gasteiger partial charge on any atom is 0.0626 e. The lowest BCUT2D eigenvalue weighted by atomic mass is 9.99. The molecule has 0 heterocycles. The summed E-state index contributed by atoms with van der Waals surface area (Å²) in [5.41, 5.74) is 1.19. The Labute approximate surface area is 110 Å². The summed E-state index contributed by atoms with van der Waals surface area (Å²) in [4.78, 5) is 0. The van der Waals surface area contributed by atoms with Crippen LogP contribution >= 0.6 is 0 Å². The van der Waals surface area contributed by atoms with E-state index in [-0.39, 0.29) is 12.6 Å². The predicted octanol–water partition coefficient (Wildman–Crippen LogP) is 3.28. The first-order valence-electron chi connectivity index (χ1n) is 7.29. The van der Waals surface area contributed by atoms with E-state index >= 15 is 0 Å². The number of rotatable bonds is 5. The minimum Gasteiger partial charge on any atom is -0.394 e.